The normalized spacial score (nSPS) is 16.6. The number of aryl methyl sites for hydroxylation is 1. The Morgan fingerprint density at radius 1 is 1.17 bits per heavy atom. The quantitative estimate of drug-likeness (QED) is 0.901. The Labute approximate surface area is 143 Å². The molecule has 3 heteroatoms. The van der Waals surface area contributed by atoms with E-state index >= 15 is 0 Å². The molecule has 0 atom stereocenters. The first-order valence-electron chi connectivity index (χ1n) is 8.96. The number of carbonyl (C=O) groups is 1. The van der Waals surface area contributed by atoms with Gasteiger partial charge in [-0.2, -0.15) is 0 Å². The van der Waals surface area contributed by atoms with Crippen molar-refractivity contribution in [3.63, 3.8) is 0 Å². The monoisotopic (exact) mass is 320 g/mol. The lowest BCUT2D eigenvalue weighted by molar-refractivity contribution is -0.116. The molecule has 4 rings (SSSR count). The van der Waals surface area contributed by atoms with Crippen LogP contribution in [0.25, 0.3) is 11.1 Å². The van der Waals surface area contributed by atoms with Gasteiger partial charge in [-0.05, 0) is 72.6 Å². The molecule has 1 N–H and O–H groups in total. The zero-order valence-corrected chi connectivity index (χ0v) is 14.2. The summed E-state index contributed by atoms with van der Waals surface area (Å²) in [4.78, 5) is 13.7. The maximum absolute atomic E-state index is 11.8. The van der Waals surface area contributed by atoms with E-state index < -0.39 is 0 Å². The predicted octanol–water partition coefficient (Wildman–Crippen LogP) is 4.47. The Bertz CT molecular complexity index is 764. The molecule has 2 aromatic carbocycles. The largest absolute Gasteiger partial charge is 0.385 e. The molecule has 3 nitrogen and oxygen atoms in total. The molecule has 124 valence electrons. The van der Waals surface area contributed by atoms with Gasteiger partial charge in [0.1, 0.15) is 0 Å². The van der Waals surface area contributed by atoms with E-state index in [4.69, 9.17) is 0 Å². The van der Waals surface area contributed by atoms with Crippen molar-refractivity contribution in [3.8, 4) is 11.1 Å². The van der Waals surface area contributed by atoms with Gasteiger partial charge in [-0.25, -0.2) is 0 Å². The lowest BCUT2D eigenvalue weighted by Crippen LogP contribution is -2.33. The molecule has 1 aliphatic heterocycles. The molecule has 1 aliphatic carbocycles. The lowest BCUT2D eigenvalue weighted by atomic mass is 9.96. The van der Waals surface area contributed by atoms with Crippen LogP contribution in [0.5, 0.6) is 0 Å². The summed E-state index contributed by atoms with van der Waals surface area (Å²) in [6, 6.07) is 15.2. The molecule has 24 heavy (non-hydrogen) atoms. The van der Waals surface area contributed by atoms with Gasteiger partial charge in [0.2, 0.25) is 5.91 Å². The van der Waals surface area contributed by atoms with Crippen LogP contribution in [-0.2, 0) is 11.2 Å². The molecule has 0 bridgehead atoms. The van der Waals surface area contributed by atoms with Crippen molar-refractivity contribution in [2.75, 3.05) is 23.3 Å². The molecule has 0 saturated heterocycles. The van der Waals surface area contributed by atoms with Crippen molar-refractivity contribution in [1.82, 2.24) is 0 Å². The highest BCUT2D eigenvalue weighted by Gasteiger charge is 2.21. The molecule has 0 spiro atoms. The number of nitrogens with zero attached hydrogens (tertiary/aromatic N) is 1. The summed E-state index contributed by atoms with van der Waals surface area (Å²) in [5.41, 5.74) is 6.03. The van der Waals surface area contributed by atoms with Crippen LogP contribution < -0.4 is 10.2 Å². The van der Waals surface area contributed by atoms with Crippen molar-refractivity contribution < 1.29 is 4.79 Å². The molecule has 2 aliphatic rings. The number of nitrogens with one attached hydrogen (secondary N) is 1. The third-order valence-corrected chi connectivity index (χ3v) is 5.07. The predicted molar refractivity (Wildman–Crippen MR) is 99.4 cm³/mol. The van der Waals surface area contributed by atoms with E-state index in [0.29, 0.717) is 0 Å². The summed E-state index contributed by atoms with van der Waals surface area (Å²) in [6.45, 7) is 3.57. The molecule has 0 aromatic heterocycles. The molecule has 0 unspecified atom stereocenters. The third-order valence-electron chi connectivity index (χ3n) is 5.07. The average molecular weight is 320 g/mol. The van der Waals surface area contributed by atoms with Gasteiger partial charge in [-0.15, -0.1) is 0 Å². The minimum absolute atomic E-state index is 0.134. The van der Waals surface area contributed by atoms with Crippen molar-refractivity contribution in [2.24, 2.45) is 5.92 Å². The van der Waals surface area contributed by atoms with Gasteiger partial charge in [0, 0.05) is 31.4 Å². The second-order valence-corrected chi connectivity index (χ2v) is 7.02. The van der Waals surface area contributed by atoms with Crippen LogP contribution in [0.1, 0.15) is 31.7 Å². The molecular weight excluding hydrogens is 296 g/mol. The highest BCUT2D eigenvalue weighted by atomic mass is 16.2. The Balaban J connectivity index is 1.60. The van der Waals surface area contributed by atoms with Crippen LogP contribution in [0, 0.1) is 5.92 Å². The van der Waals surface area contributed by atoms with Crippen molar-refractivity contribution in [3.05, 3.63) is 48.0 Å². The molecule has 1 amide bonds. The summed E-state index contributed by atoms with van der Waals surface area (Å²) in [7, 11) is 0. The SMILES string of the molecule is CC(=O)N1CCCc2cc(-c3cccc(NCC4CC4)c3)ccc21. The van der Waals surface area contributed by atoms with E-state index in [2.05, 4.69) is 47.8 Å². The number of fused-ring (bicyclic) bond motifs is 1. The minimum atomic E-state index is 0.134. The van der Waals surface area contributed by atoms with E-state index in [1.807, 2.05) is 4.90 Å². The fourth-order valence-electron chi connectivity index (χ4n) is 3.50. The van der Waals surface area contributed by atoms with Gasteiger partial charge in [0.25, 0.3) is 0 Å². The standard InChI is InChI=1S/C21H24N2O/c1-15(24)23-11-3-5-19-12-18(9-10-21(19)23)17-4-2-6-20(13-17)22-14-16-7-8-16/h2,4,6,9-10,12-13,16,22H,3,5,7-8,11,14H2,1H3. The van der Waals surface area contributed by atoms with Crippen LogP contribution >= 0.6 is 0 Å². The lowest BCUT2D eigenvalue weighted by Gasteiger charge is -2.29. The Hall–Kier alpha value is -2.29. The molecule has 1 saturated carbocycles. The number of hydrogen-bond donors (Lipinski definition) is 1. The number of carbonyl (C=O) groups excluding carboxylic acids is 1. The summed E-state index contributed by atoms with van der Waals surface area (Å²) in [5, 5.41) is 3.55. The Morgan fingerprint density at radius 2 is 2.00 bits per heavy atom. The molecule has 2 aromatic rings. The summed E-state index contributed by atoms with van der Waals surface area (Å²) >= 11 is 0. The van der Waals surface area contributed by atoms with E-state index in [-0.39, 0.29) is 5.91 Å². The molecular formula is C21H24N2O. The van der Waals surface area contributed by atoms with E-state index in [1.165, 1.54) is 35.2 Å². The maximum atomic E-state index is 11.8. The van der Waals surface area contributed by atoms with E-state index in [1.54, 1.807) is 6.92 Å². The second kappa shape index (κ2) is 6.31. The van der Waals surface area contributed by atoms with Crippen LogP contribution in [0.15, 0.2) is 42.5 Å². The zero-order chi connectivity index (χ0) is 16.5. The number of hydrogen-bond acceptors (Lipinski definition) is 2. The highest BCUT2D eigenvalue weighted by molar-refractivity contribution is 5.93. The molecule has 0 radical (unpaired) electrons. The van der Waals surface area contributed by atoms with Gasteiger partial charge in [0.15, 0.2) is 0 Å². The van der Waals surface area contributed by atoms with Crippen LogP contribution in [-0.4, -0.2) is 19.0 Å². The fourth-order valence-corrected chi connectivity index (χ4v) is 3.50. The highest BCUT2D eigenvalue weighted by Crippen LogP contribution is 2.33. The number of rotatable bonds is 4. The topological polar surface area (TPSA) is 32.3 Å². The Morgan fingerprint density at radius 3 is 2.79 bits per heavy atom. The summed E-state index contributed by atoms with van der Waals surface area (Å²) in [5.74, 6) is 1.00. The first kappa shape index (κ1) is 15.3. The molecule has 1 heterocycles. The van der Waals surface area contributed by atoms with Gasteiger partial charge < -0.3 is 10.2 Å². The van der Waals surface area contributed by atoms with Gasteiger partial charge >= 0.3 is 0 Å². The smallest absolute Gasteiger partial charge is 0.223 e. The first-order valence-corrected chi connectivity index (χ1v) is 8.96. The number of benzene rings is 2. The second-order valence-electron chi connectivity index (χ2n) is 7.02. The Kier molecular flexibility index (Phi) is 4.01. The fraction of sp³-hybridized carbons (Fsp3) is 0.381. The van der Waals surface area contributed by atoms with Crippen molar-refractivity contribution >= 4 is 17.3 Å². The molecule has 1 fully saturated rings. The number of amides is 1. The van der Waals surface area contributed by atoms with Crippen molar-refractivity contribution in [1.29, 1.82) is 0 Å². The third kappa shape index (κ3) is 3.16. The minimum Gasteiger partial charge on any atom is -0.385 e. The average Bonchev–Trinajstić information content (AvgIpc) is 3.43. The summed E-state index contributed by atoms with van der Waals surface area (Å²) in [6.07, 6.45) is 4.82. The van der Waals surface area contributed by atoms with Gasteiger partial charge in [-0.3, -0.25) is 4.79 Å². The van der Waals surface area contributed by atoms with Crippen molar-refractivity contribution in [2.45, 2.75) is 32.6 Å². The van der Waals surface area contributed by atoms with Gasteiger partial charge in [-0.1, -0.05) is 18.2 Å². The van der Waals surface area contributed by atoms with Crippen LogP contribution in [0.3, 0.4) is 0 Å². The van der Waals surface area contributed by atoms with Crippen LogP contribution in [0.4, 0.5) is 11.4 Å². The summed E-state index contributed by atoms with van der Waals surface area (Å²) < 4.78 is 0. The van der Waals surface area contributed by atoms with Gasteiger partial charge in [0.05, 0.1) is 0 Å². The number of anilines is 2. The van der Waals surface area contributed by atoms with E-state index in [0.717, 1.165) is 37.5 Å². The first-order chi connectivity index (χ1) is 11.7. The van der Waals surface area contributed by atoms with E-state index in [9.17, 15) is 4.79 Å². The maximum Gasteiger partial charge on any atom is 0.223 e. The van der Waals surface area contributed by atoms with Crippen LogP contribution in [0.2, 0.25) is 0 Å². The zero-order valence-electron chi connectivity index (χ0n) is 14.2.